The van der Waals surface area contributed by atoms with Crippen molar-refractivity contribution >= 4 is 11.8 Å². The van der Waals surface area contributed by atoms with Gasteiger partial charge in [0, 0.05) is 10.6 Å². The monoisotopic (exact) mass is 297 g/mol. The smallest absolute Gasteiger partial charge is 0.120 e. The summed E-state index contributed by atoms with van der Waals surface area (Å²) in [6.07, 6.45) is 0.981. The van der Waals surface area contributed by atoms with Gasteiger partial charge in [-0.2, -0.15) is 5.26 Å². The molecular formula is C18H19NOS. The minimum Gasteiger partial charge on any atom is -0.494 e. The second-order valence-electron chi connectivity index (χ2n) is 4.96. The maximum Gasteiger partial charge on any atom is 0.120 e. The van der Waals surface area contributed by atoms with Gasteiger partial charge in [-0.15, -0.1) is 11.8 Å². The third kappa shape index (κ3) is 4.84. The molecule has 0 aromatic heterocycles. The Bertz CT molecular complexity index is 646. The Morgan fingerprint density at radius 1 is 1.14 bits per heavy atom. The number of ether oxygens (including phenoxy) is 1. The van der Waals surface area contributed by atoms with Crippen LogP contribution in [0.5, 0.6) is 5.75 Å². The first-order chi connectivity index (χ1) is 10.2. The van der Waals surface area contributed by atoms with Crippen molar-refractivity contribution in [1.82, 2.24) is 0 Å². The Kier molecular flexibility index (Phi) is 5.71. The Hall–Kier alpha value is -1.92. The zero-order chi connectivity index (χ0) is 15.1. The highest BCUT2D eigenvalue weighted by Crippen LogP contribution is 2.23. The summed E-state index contributed by atoms with van der Waals surface area (Å²) in [7, 11) is 0. The van der Waals surface area contributed by atoms with Crippen LogP contribution >= 0.6 is 11.8 Å². The van der Waals surface area contributed by atoms with Gasteiger partial charge in [0.2, 0.25) is 0 Å². The second-order valence-corrected chi connectivity index (χ2v) is 6.10. The number of nitrogens with zero attached hydrogens (tertiary/aromatic N) is 1. The number of thioether (sulfide) groups is 1. The molecule has 0 aliphatic heterocycles. The van der Waals surface area contributed by atoms with E-state index < -0.39 is 0 Å². The quantitative estimate of drug-likeness (QED) is 0.570. The first-order valence-corrected chi connectivity index (χ1v) is 8.00. The Labute approximate surface area is 130 Å². The van der Waals surface area contributed by atoms with Crippen molar-refractivity contribution in [2.75, 3.05) is 12.4 Å². The van der Waals surface area contributed by atoms with Crippen LogP contribution in [0.4, 0.5) is 0 Å². The Morgan fingerprint density at radius 3 is 2.76 bits per heavy atom. The van der Waals surface area contributed by atoms with E-state index in [2.05, 4.69) is 38.1 Å². The largest absolute Gasteiger partial charge is 0.494 e. The molecule has 0 aliphatic rings. The molecule has 2 rings (SSSR count). The van der Waals surface area contributed by atoms with Crippen LogP contribution in [0.3, 0.4) is 0 Å². The minimum absolute atomic E-state index is 0.636. The molecule has 0 atom stereocenters. The molecule has 2 nitrogen and oxygen atoms in total. The summed E-state index contributed by atoms with van der Waals surface area (Å²) in [5.41, 5.74) is 3.28. The lowest BCUT2D eigenvalue weighted by atomic mass is 10.2. The van der Waals surface area contributed by atoms with Gasteiger partial charge in [0.15, 0.2) is 0 Å². The molecule has 0 saturated heterocycles. The number of aryl methyl sites for hydroxylation is 2. The zero-order valence-corrected chi connectivity index (χ0v) is 13.2. The van der Waals surface area contributed by atoms with Crippen LogP contribution < -0.4 is 4.74 Å². The summed E-state index contributed by atoms with van der Waals surface area (Å²) in [6, 6.07) is 16.0. The van der Waals surface area contributed by atoms with E-state index in [1.165, 1.54) is 16.0 Å². The van der Waals surface area contributed by atoms with Gasteiger partial charge in [-0.3, -0.25) is 0 Å². The van der Waals surface area contributed by atoms with Crippen molar-refractivity contribution in [2.24, 2.45) is 0 Å². The fourth-order valence-electron chi connectivity index (χ4n) is 2.05. The fraction of sp³-hybridized carbons (Fsp3) is 0.278. The topological polar surface area (TPSA) is 33.0 Å². The average molecular weight is 297 g/mol. The predicted molar refractivity (Wildman–Crippen MR) is 87.9 cm³/mol. The number of nitriles is 1. The molecule has 0 radical (unpaired) electrons. The molecule has 0 spiro atoms. The normalized spacial score (nSPS) is 10.1. The van der Waals surface area contributed by atoms with Crippen molar-refractivity contribution in [3.8, 4) is 11.8 Å². The highest BCUT2D eigenvalue weighted by molar-refractivity contribution is 7.99. The van der Waals surface area contributed by atoms with Crippen molar-refractivity contribution in [3.63, 3.8) is 0 Å². The van der Waals surface area contributed by atoms with Gasteiger partial charge >= 0.3 is 0 Å². The van der Waals surface area contributed by atoms with Gasteiger partial charge in [-0.05, 0) is 50.1 Å². The van der Waals surface area contributed by atoms with Crippen LogP contribution in [0.1, 0.15) is 23.1 Å². The van der Waals surface area contributed by atoms with Gasteiger partial charge in [-0.25, -0.2) is 0 Å². The SMILES string of the molecule is Cc1ccc(SCCCOc2cccc(C#N)c2)c(C)c1. The van der Waals surface area contributed by atoms with Crippen LogP contribution in [0.25, 0.3) is 0 Å². The predicted octanol–water partition coefficient (Wildman–Crippen LogP) is 4.74. The van der Waals surface area contributed by atoms with Gasteiger partial charge in [0.1, 0.15) is 5.75 Å². The standard InChI is InChI=1S/C18H19NOS/c1-14-7-8-18(15(2)11-14)21-10-4-9-20-17-6-3-5-16(12-17)13-19/h3,5-8,11-12H,4,9-10H2,1-2H3. The van der Waals surface area contributed by atoms with Crippen molar-refractivity contribution in [1.29, 1.82) is 5.26 Å². The molecule has 21 heavy (non-hydrogen) atoms. The summed E-state index contributed by atoms with van der Waals surface area (Å²) in [6.45, 7) is 4.94. The number of benzene rings is 2. The Morgan fingerprint density at radius 2 is 2.00 bits per heavy atom. The maximum absolute atomic E-state index is 8.83. The zero-order valence-electron chi connectivity index (χ0n) is 12.4. The van der Waals surface area contributed by atoms with E-state index >= 15 is 0 Å². The summed E-state index contributed by atoms with van der Waals surface area (Å²) in [5, 5.41) is 8.83. The molecule has 0 unspecified atom stereocenters. The molecular weight excluding hydrogens is 278 g/mol. The molecule has 2 aromatic carbocycles. The van der Waals surface area contributed by atoms with Crippen LogP contribution in [-0.2, 0) is 0 Å². The van der Waals surface area contributed by atoms with Crippen molar-refractivity contribution in [2.45, 2.75) is 25.2 Å². The molecule has 0 bridgehead atoms. The number of rotatable bonds is 6. The summed E-state index contributed by atoms with van der Waals surface area (Å²) in [4.78, 5) is 1.34. The third-order valence-electron chi connectivity index (χ3n) is 3.11. The molecule has 0 saturated carbocycles. The molecule has 0 heterocycles. The molecule has 0 aliphatic carbocycles. The van der Waals surface area contributed by atoms with Gasteiger partial charge in [0.05, 0.1) is 18.2 Å². The molecule has 2 aromatic rings. The fourth-order valence-corrected chi connectivity index (χ4v) is 2.98. The van der Waals surface area contributed by atoms with Crippen molar-refractivity contribution in [3.05, 3.63) is 59.2 Å². The van der Waals surface area contributed by atoms with E-state index in [0.29, 0.717) is 12.2 Å². The summed E-state index contributed by atoms with van der Waals surface area (Å²) in [5.74, 6) is 1.80. The highest BCUT2D eigenvalue weighted by atomic mass is 32.2. The van der Waals surface area contributed by atoms with Crippen LogP contribution in [0.15, 0.2) is 47.4 Å². The molecule has 0 N–H and O–H groups in total. The first-order valence-electron chi connectivity index (χ1n) is 7.02. The highest BCUT2D eigenvalue weighted by Gasteiger charge is 2.00. The number of hydrogen-bond acceptors (Lipinski definition) is 3. The van der Waals surface area contributed by atoms with Gasteiger partial charge in [-0.1, -0.05) is 23.8 Å². The van der Waals surface area contributed by atoms with Crippen LogP contribution in [0.2, 0.25) is 0 Å². The van der Waals surface area contributed by atoms with E-state index in [1.807, 2.05) is 23.9 Å². The lowest BCUT2D eigenvalue weighted by molar-refractivity contribution is 0.318. The average Bonchev–Trinajstić information content (AvgIpc) is 2.49. The lowest BCUT2D eigenvalue weighted by Crippen LogP contribution is -1.99. The van der Waals surface area contributed by atoms with Gasteiger partial charge in [0.25, 0.3) is 0 Å². The second kappa shape index (κ2) is 7.75. The lowest BCUT2D eigenvalue weighted by Gasteiger charge is -2.08. The van der Waals surface area contributed by atoms with Crippen LogP contribution in [0, 0.1) is 25.2 Å². The van der Waals surface area contributed by atoms with E-state index in [4.69, 9.17) is 10.00 Å². The maximum atomic E-state index is 8.83. The molecule has 108 valence electrons. The van der Waals surface area contributed by atoms with Gasteiger partial charge < -0.3 is 4.74 Å². The molecule has 0 fully saturated rings. The molecule has 0 amide bonds. The Balaban J connectivity index is 1.74. The van der Waals surface area contributed by atoms with E-state index in [1.54, 1.807) is 12.1 Å². The summed E-state index contributed by atoms with van der Waals surface area (Å²) < 4.78 is 5.67. The van der Waals surface area contributed by atoms with Crippen molar-refractivity contribution < 1.29 is 4.74 Å². The number of hydrogen-bond donors (Lipinski definition) is 0. The minimum atomic E-state index is 0.636. The third-order valence-corrected chi connectivity index (χ3v) is 4.37. The van der Waals surface area contributed by atoms with E-state index in [-0.39, 0.29) is 0 Å². The van der Waals surface area contributed by atoms with E-state index in [0.717, 1.165) is 17.9 Å². The molecule has 3 heteroatoms. The first kappa shape index (κ1) is 15.5. The van der Waals surface area contributed by atoms with Crippen LogP contribution in [-0.4, -0.2) is 12.4 Å². The summed E-state index contributed by atoms with van der Waals surface area (Å²) >= 11 is 1.87. The van der Waals surface area contributed by atoms with E-state index in [9.17, 15) is 0 Å².